The monoisotopic (exact) mass is 342 g/mol. The zero-order chi connectivity index (χ0) is 14.8. The van der Waals surface area contributed by atoms with E-state index in [0.717, 1.165) is 44.8 Å². The summed E-state index contributed by atoms with van der Waals surface area (Å²) in [5, 5.41) is 8.30. The van der Waals surface area contributed by atoms with Crippen molar-refractivity contribution in [2.24, 2.45) is 0 Å². The third-order valence-corrected chi connectivity index (χ3v) is 5.41. The van der Waals surface area contributed by atoms with Crippen LogP contribution in [0.3, 0.4) is 0 Å². The highest BCUT2D eigenvalue weighted by molar-refractivity contribution is 9.10. The van der Waals surface area contributed by atoms with Crippen molar-refractivity contribution in [3.05, 3.63) is 15.9 Å². The molecule has 1 fully saturated rings. The van der Waals surface area contributed by atoms with Gasteiger partial charge in [0.25, 0.3) is 0 Å². The number of nitrogens with zero attached hydrogens (tertiary/aromatic N) is 3. The molecule has 0 aromatic carbocycles. The Hall–Kier alpha value is -0.390. The maximum absolute atomic E-state index is 4.60. The smallest absolute Gasteiger partial charge is 0.0739 e. The van der Waals surface area contributed by atoms with E-state index in [1.165, 1.54) is 16.6 Å². The Labute approximate surface area is 131 Å². The fraction of sp³-hybridized carbons (Fsp3) is 0.800. The van der Waals surface area contributed by atoms with E-state index in [0.29, 0.717) is 0 Å². The molecule has 1 N–H and O–H groups in total. The molecule has 1 saturated heterocycles. The number of aromatic nitrogens is 2. The highest BCUT2D eigenvalue weighted by Crippen LogP contribution is 2.24. The highest BCUT2D eigenvalue weighted by Gasteiger charge is 2.28. The molecule has 1 unspecified atom stereocenters. The molecule has 1 aliphatic rings. The largest absolute Gasteiger partial charge is 0.310 e. The van der Waals surface area contributed by atoms with Crippen molar-refractivity contribution in [1.82, 2.24) is 20.0 Å². The average Bonchev–Trinajstić information content (AvgIpc) is 2.61. The maximum atomic E-state index is 4.60. The van der Waals surface area contributed by atoms with Gasteiger partial charge < -0.3 is 5.32 Å². The topological polar surface area (TPSA) is 33.1 Å². The van der Waals surface area contributed by atoms with Crippen LogP contribution in [0.15, 0.2) is 4.47 Å². The lowest BCUT2D eigenvalue weighted by Crippen LogP contribution is -2.48. The zero-order valence-corrected chi connectivity index (χ0v) is 14.8. The fourth-order valence-corrected chi connectivity index (χ4v) is 3.33. The molecule has 0 saturated carbocycles. The van der Waals surface area contributed by atoms with E-state index in [4.69, 9.17) is 0 Å². The lowest BCUT2D eigenvalue weighted by Gasteiger charge is -2.32. The molecule has 2 heterocycles. The summed E-state index contributed by atoms with van der Waals surface area (Å²) in [5.41, 5.74) is 2.63. The van der Waals surface area contributed by atoms with Crippen molar-refractivity contribution in [3.8, 4) is 0 Å². The van der Waals surface area contributed by atoms with Crippen LogP contribution in [0.4, 0.5) is 0 Å². The summed E-state index contributed by atoms with van der Waals surface area (Å²) < 4.78 is 3.30. The molecule has 1 aromatic rings. The number of rotatable bonds is 4. The Kier molecular flexibility index (Phi) is 5.26. The highest BCUT2D eigenvalue weighted by atomic mass is 79.9. The van der Waals surface area contributed by atoms with Gasteiger partial charge >= 0.3 is 0 Å². The van der Waals surface area contributed by atoms with Gasteiger partial charge in [0.2, 0.25) is 0 Å². The maximum Gasteiger partial charge on any atom is 0.0739 e. The first-order chi connectivity index (χ1) is 9.49. The molecule has 0 radical (unpaired) electrons. The number of hydrogen-bond acceptors (Lipinski definition) is 3. The number of hydrogen-bond donors (Lipinski definition) is 1. The lowest BCUT2D eigenvalue weighted by atomic mass is 9.98. The third kappa shape index (κ3) is 3.43. The van der Waals surface area contributed by atoms with Gasteiger partial charge in [-0.05, 0) is 62.6 Å². The second-order valence-corrected chi connectivity index (χ2v) is 6.86. The summed E-state index contributed by atoms with van der Waals surface area (Å²) in [6, 6.07) is 0. The van der Waals surface area contributed by atoms with E-state index >= 15 is 0 Å². The Morgan fingerprint density at radius 1 is 1.40 bits per heavy atom. The summed E-state index contributed by atoms with van der Waals surface area (Å²) in [6.45, 7) is 14.1. The minimum absolute atomic E-state index is 0.231. The van der Waals surface area contributed by atoms with Crippen molar-refractivity contribution in [3.63, 3.8) is 0 Å². The normalized spacial score (nSPS) is 24.9. The minimum Gasteiger partial charge on any atom is -0.310 e. The van der Waals surface area contributed by atoms with E-state index in [2.05, 4.69) is 63.6 Å². The Balaban J connectivity index is 2.16. The molecule has 20 heavy (non-hydrogen) atoms. The Morgan fingerprint density at radius 3 is 2.80 bits per heavy atom. The SMILES string of the molecule is CCn1nc(C)c(Br)c1CN1CCCNC(C)(CC)C1. The van der Waals surface area contributed by atoms with Gasteiger partial charge in [-0.3, -0.25) is 9.58 Å². The lowest BCUT2D eigenvalue weighted by molar-refractivity contribution is 0.203. The molecule has 0 aliphatic carbocycles. The predicted molar refractivity (Wildman–Crippen MR) is 86.9 cm³/mol. The molecule has 5 heteroatoms. The zero-order valence-electron chi connectivity index (χ0n) is 13.2. The molecule has 1 atom stereocenters. The van der Waals surface area contributed by atoms with Crippen LogP contribution in [0, 0.1) is 6.92 Å². The van der Waals surface area contributed by atoms with Crippen LogP contribution < -0.4 is 5.32 Å². The number of halogens is 1. The quantitative estimate of drug-likeness (QED) is 0.913. The number of aryl methyl sites for hydroxylation is 2. The molecule has 0 spiro atoms. The fourth-order valence-electron chi connectivity index (χ4n) is 2.92. The van der Waals surface area contributed by atoms with Crippen molar-refractivity contribution in [1.29, 1.82) is 0 Å². The molecule has 2 rings (SSSR count). The summed E-state index contributed by atoms with van der Waals surface area (Å²) in [5.74, 6) is 0. The molecular formula is C15H27BrN4. The second-order valence-electron chi connectivity index (χ2n) is 6.07. The Morgan fingerprint density at radius 2 is 2.15 bits per heavy atom. The van der Waals surface area contributed by atoms with Crippen molar-refractivity contribution in [2.75, 3.05) is 19.6 Å². The third-order valence-electron chi connectivity index (χ3n) is 4.38. The molecule has 1 aromatic heterocycles. The van der Waals surface area contributed by atoms with Crippen molar-refractivity contribution in [2.45, 2.75) is 59.2 Å². The molecule has 1 aliphatic heterocycles. The standard InChI is InChI=1S/C15H27BrN4/c1-5-15(4)11-19(9-7-8-17-15)10-13-14(16)12(3)18-20(13)6-2/h17H,5-11H2,1-4H3. The van der Waals surface area contributed by atoms with Crippen molar-refractivity contribution < 1.29 is 0 Å². The average molecular weight is 343 g/mol. The first kappa shape index (κ1) is 16.0. The first-order valence-electron chi connectivity index (χ1n) is 7.68. The number of nitrogens with one attached hydrogen (secondary N) is 1. The Bertz CT molecular complexity index is 457. The van der Waals surface area contributed by atoms with Gasteiger partial charge in [0, 0.05) is 25.2 Å². The van der Waals surface area contributed by atoms with Gasteiger partial charge in [-0.1, -0.05) is 6.92 Å². The van der Waals surface area contributed by atoms with Crippen LogP contribution in [-0.2, 0) is 13.1 Å². The van der Waals surface area contributed by atoms with E-state index in [1.54, 1.807) is 0 Å². The van der Waals surface area contributed by atoms with Crippen LogP contribution in [0.25, 0.3) is 0 Å². The van der Waals surface area contributed by atoms with E-state index in [9.17, 15) is 0 Å². The van der Waals surface area contributed by atoms with Crippen molar-refractivity contribution >= 4 is 15.9 Å². The van der Waals surface area contributed by atoms with Crippen LogP contribution in [0.1, 0.15) is 45.0 Å². The minimum atomic E-state index is 0.231. The van der Waals surface area contributed by atoms with Crippen LogP contribution in [0.2, 0.25) is 0 Å². The van der Waals surface area contributed by atoms with E-state index in [1.807, 2.05) is 0 Å². The van der Waals surface area contributed by atoms with Crippen LogP contribution in [0.5, 0.6) is 0 Å². The van der Waals surface area contributed by atoms with E-state index < -0.39 is 0 Å². The predicted octanol–water partition coefficient (Wildman–Crippen LogP) is 2.94. The van der Waals surface area contributed by atoms with Gasteiger partial charge in [-0.15, -0.1) is 0 Å². The first-order valence-corrected chi connectivity index (χ1v) is 8.47. The molecule has 4 nitrogen and oxygen atoms in total. The van der Waals surface area contributed by atoms with E-state index in [-0.39, 0.29) is 5.54 Å². The summed E-state index contributed by atoms with van der Waals surface area (Å²) in [7, 11) is 0. The summed E-state index contributed by atoms with van der Waals surface area (Å²) in [6.07, 6.45) is 2.38. The second kappa shape index (κ2) is 6.58. The van der Waals surface area contributed by atoms with Gasteiger partial charge in [0.1, 0.15) is 0 Å². The van der Waals surface area contributed by atoms with Gasteiger partial charge in [0.05, 0.1) is 15.9 Å². The van der Waals surface area contributed by atoms with Crippen LogP contribution in [-0.4, -0.2) is 39.9 Å². The molecule has 0 bridgehead atoms. The van der Waals surface area contributed by atoms with Gasteiger partial charge in [-0.2, -0.15) is 5.10 Å². The van der Waals surface area contributed by atoms with Gasteiger partial charge in [0.15, 0.2) is 0 Å². The van der Waals surface area contributed by atoms with Gasteiger partial charge in [-0.25, -0.2) is 0 Å². The molecule has 114 valence electrons. The van der Waals surface area contributed by atoms with Crippen LogP contribution >= 0.6 is 15.9 Å². The summed E-state index contributed by atoms with van der Waals surface area (Å²) in [4.78, 5) is 2.57. The molecular weight excluding hydrogens is 316 g/mol. The molecule has 0 amide bonds. The summed E-state index contributed by atoms with van der Waals surface area (Å²) >= 11 is 3.71.